The highest BCUT2D eigenvalue weighted by Gasteiger charge is 2.25. The third-order valence-electron chi connectivity index (χ3n) is 5.05. The molecule has 4 rings (SSSR count). The number of fused-ring (bicyclic) bond motifs is 1. The Morgan fingerprint density at radius 1 is 1.17 bits per heavy atom. The van der Waals surface area contributed by atoms with E-state index in [1.165, 1.54) is 0 Å². The number of nitrogens with one attached hydrogen (secondary N) is 1. The number of nitrogen functional groups attached to an aromatic ring is 1. The number of piperidine rings is 1. The fourth-order valence-electron chi connectivity index (χ4n) is 3.48. The average molecular weight is 411 g/mol. The second-order valence-corrected chi connectivity index (χ2v) is 8.06. The van der Waals surface area contributed by atoms with Crippen molar-refractivity contribution in [3.63, 3.8) is 0 Å². The molecule has 1 aliphatic rings. The Morgan fingerprint density at radius 2 is 1.86 bits per heavy atom. The molecule has 1 aliphatic heterocycles. The topological polar surface area (TPSA) is 140 Å². The molecule has 0 unspecified atom stereocenters. The Bertz CT molecular complexity index is 1070. The highest BCUT2D eigenvalue weighted by molar-refractivity contribution is 7.21. The molecule has 0 bridgehead atoms. The molecule has 2 aromatic heterocycles. The summed E-state index contributed by atoms with van der Waals surface area (Å²) in [5, 5.41) is 3.33. The lowest BCUT2D eigenvalue weighted by Crippen LogP contribution is -2.40. The van der Waals surface area contributed by atoms with Crippen LogP contribution in [0.15, 0.2) is 36.4 Å². The van der Waals surface area contributed by atoms with Gasteiger partial charge in [-0.25, -0.2) is 4.98 Å². The average Bonchev–Trinajstić information content (AvgIpc) is 3.05. The zero-order valence-electron chi connectivity index (χ0n) is 15.7. The normalized spacial score (nSPS) is 14.9. The van der Waals surface area contributed by atoms with Gasteiger partial charge in [-0.2, -0.15) is 0 Å². The van der Waals surface area contributed by atoms with E-state index in [0.717, 1.165) is 37.3 Å². The van der Waals surface area contributed by atoms with Crippen molar-refractivity contribution in [3.8, 4) is 0 Å². The Labute approximate surface area is 171 Å². The van der Waals surface area contributed by atoms with E-state index in [1.807, 2.05) is 18.2 Å². The van der Waals surface area contributed by atoms with Gasteiger partial charge in [-0.15, -0.1) is 11.3 Å². The maximum atomic E-state index is 13.1. The standard InChI is InChI=1S/C20H22N6O2S/c21-11-6-8-26(9-7-11)14-10-13(19(28)24-12-4-2-1-3-5-12)15-16(22)17(18(23)27)29-20(15)25-14/h1-5,10-11H,6-9,21-22H2,(H2,23,27)(H,24,28). The molecular weight excluding hydrogens is 388 g/mol. The lowest BCUT2D eigenvalue weighted by Gasteiger charge is -2.31. The number of aromatic nitrogens is 1. The van der Waals surface area contributed by atoms with Gasteiger partial charge in [0.05, 0.1) is 11.3 Å². The van der Waals surface area contributed by atoms with Crippen molar-refractivity contribution < 1.29 is 9.59 Å². The quantitative estimate of drug-likeness (QED) is 0.519. The van der Waals surface area contributed by atoms with Crippen LogP contribution < -0.4 is 27.4 Å². The molecule has 1 saturated heterocycles. The summed E-state index contributed by atoms with van der Waals surface area (Å²) < 4.78 is 0. The molecule has 0 saturated carbocycles. The molecule has 3 heterocycles. The minimum Gasteiger partial charge on any atom is -0.397 e. The molecule has 2 amide bonds. The molecular formula is C20H22N6O2S. The summed E-state index contributed by atoms with van der Waals surface area (Å²) in [6.07, 6.45) is 1.70. The number of carbonyl (C=O) groups excluding carboxylic acids is 2. The molecule has 3 aromatic rings. The number of carbonyl (C=O) groups is 2. The lowest BCUT2D eigenvalue weighted by molar-refractivity contribution is 0.100. The fraction of sp³-hybridized carbons (Fsp3) is 0.250. The SMILES string of the molecule is NC(=O)c1sc2nc(N3CCC(N)CC3)cc(C(=O)Nc3ccccc3)c2c1N. The second-order valence-electron chi connectivity index (χ2n) is 7.06. The number of hydrogen-bond acceptors (Lipinski definition) is 7. The van der Waals surface area contributed by atoms with E-state index in [4.69, 9.17) is 17.2 Å². The molecule has 9 heteroatoms. The summed E-state index contributed by atoms with van der Waals surface area (Å²) in [6.45, 7) is 1.51. The predicted molar refractivity (Wildman–Crippen MR) is 116 cm³/mol. The van der Waals surface area contributed by atoms with Crippen LogP contribution in [0.3, 0.4) is 0 Å². The Kier molecular flexibility index (Phi) is 5.08. The van der Waals surface area contributed by atoms with Crippen LogP contribution in [0.25, 0.3) is 10.2 Å². The van der Waals surface area contributed by atoms with E-state index in [9.17, 15) is 9.59 Å². The molecule has 1 fully saturated rings. The molecule has 8 nitrogen and oxygen atoms in total. The predicted octanol–water partition coefficient (Wildman–Crippen LogP) is 2.16. The minimum atomic E-state index is -0.634. The number of amides is 2. The largest absolute Gasteiger partial charge is 0.397 e. The van der Waals surface area contributed by atoms with Crippen molar-refractivity contribution in [2.75, 3.05) is 29.0 Å². The van der Waals surface area contributed by atoms with Gasteiger partial charge in [0.15, 0.2) is 0 Å². The molecule has 0 radical (unpaired) electrons. The van der Waals surface area contributed by atoms with E-state index in [1.54, 1.807) is 18.2 Å². The van der Waals surface area contributed by atoms with Crippen molar-refractivity contribution in [2.24, 2.45) is 11.5 Å². The van der Waals surface area contributed by atoms with Crippen molar-refractivity contribution in [2.45, 2.75) is 18.9 Å². The van der Waals surface area contributed by atoms with Crippen LogP contribution in [-0.2, 0) is 0 Å². The number of nitrogens with two attached hydrogens (primary N) is 3. The van der Waals surface area contributed by atoms with Gasteiger partial charge < -0.3 is 27.4 Å². The van der Waals surface area contributed by atoms with Gasteiger partial charge in [0, 0.05) is 30.2 Å². The summed E-state index contributed by atoms with van der Waals surface area (Å²) in [5.41, 5.74) is 18.9. The molecule has 0 aliphatic carbocycles. The first-order valence-corrected chi connectivity index (χ1v) is 10.2. The maximum absolute atomic E-state index is 13.1. The van der Waals surface area contributed by atoms with E-state index >= 15 is 0 Å². The Balaban J connectivity index is 1.81. The van der Waals surface area contributed by atoms with Crippen LogP contribution >= 0.6 is 11.3 Å². The van der Waals surface area contributed by atoms with Crippen LogP contribution in [0.1, 0.15) is 32.9 Å². The van der Waals surface area contributed by atoms with Crippen LogP contribution in [0.4, 0.5) is 17.2 Å². The number of thiophene rings is 1. The van der Waals surface area contributed by atoms with E-state index in [-0.39, 0.29) is 22.5 Å². The van der Waals surface area contributed by atoms with Crippen molar-refractivity contribution in [1.82, 2.24) is 4.98 Å². The van der Waals surface area contributed by atoms with Crippen LogP contribution in [0, 0.1) is 0 Å². The lowest BCUT2D eigenvalue weighted by atomic mass is 10.1. The third kappa shape index (κ3) is 3.74. The van der Waals surface area contributed by atoms with Crippen molar-refractivity contribution in [3.05, 3.63) is 46.8 Å². The summed E-state index contributed by atoms with van der Waals surface area (Å²) >= 11 is 1.11. The molecule has 1 aromatic carbocycles. The molecule has 0 atom stereocenters. The number of rotatable bonds is 4. The fourth-order valence-corrected chi connectivity index (χ4v) is 4.45. The summed E-state index contributed by atoms with van der Waals surface area (Å²) in [5.74, 6) is -0.288. The third-order valence-corrected chi connectivity index (χ3v) is 6.16. The number of primary amides is 1. The first-order valence-electron chi connectivity index (χ1n) is 9.33. The van der Waals surface area contributed by atoms with E-state index < -0.39 is 5.91 Å². The van der Waals surface area contributed by atoms with Crippen LogP contribution in [0.5, 0.6) is 0 Å². The highest BCUT2D eigenvalue weighted by Crippen LogP contribution is 2.37. The molecule has 29 heavy (non-hydrogen) atoms. The summed E-state index contributed by atoms with van der Waals surface area (Å²) in [7, 11) is 0. The van der Waals surface area contributed by atoms with E-state index in [0.29, 0.717) is 27.3 Å². The van der Waals surface area contributed by atoms with Crippen LogP contribution in [0.2, 0.25) is 0 Å². The Morgan fingerprint density at radius 3 is 2.52 bits per heavy atom. The number of pyridine rings is 1. The number of nitrogens with zero attached hydrogens (tertiary/aromatic N) is 2. The van der Waals surface area contributed by atoms with Gasteiger partial charge in [0.1, 0.15) is 15.5 Å². The molecule has 0 spiro atoms. The smallest absolute Gasteiger partial charge is 0.260 e. The minimum absolute atomic E-state index is 0.176. The summed E-state index contributed by atoms with van der Waals surface area (Å²) in [4.78, 5) is 32.4. The zero-order valence-corrected chi connectivity index (χ0v) is 16.5. The number of hydrogen-bond donors (Lipinski definition) is 4. The van der Waals surface area contributed by atoms with Gasteiger partial charge in [-0.05, 0) is 31.0 Å². The first-order chi connectivity index (χ1) is 13.9. The maximum Gasteiger partial charge on any atom is 0.260 e. The van der Waals surface area contributed by atoms with Crippen molar-refractivity contribution in [1.29, 1.82) is 0 Å². The zero-order chi connectivity index (χ0) is 20.5. The van der Waals surface area contributed by atoms with Crippen LogP contribution in [-0.4, -0.2) is 35.9 Å². The highest BCUT2D eigenvalue weighted by atomic mass is 32.1. The van der Waals surface area contributed by atoms with E-state index in [2.05, 4.69) is 15.2 Å². The molecule has 150 valence electrons. The number of benzene rings is 1. The second kappa shape index (κ2) is 7.69. The Hall–Kier alpha value is -3.17. The van der Waals surface area contributed by atoms with Gasteiger partial charge in [-0.3, -0.25) is 9.59 Å². The first kappa shape index (κ1) is 19.2. The van der Waals surface area contributed by atoms with Gasteiger partial charge in [0.2, 0.25) is 0 Å². The summed E-state index contributed by atoms with van der Waals surface area (Å²) in [6, 6.07) is 11.1. The number of para-hydroxylation sites is 1. The van der Waals surface area contributed by atoms with Crippen molar-refractivity contribution >= 4 is 50.6 Å². The van der Waals surface area contributed by atoms with Gasteiger partial charge >= 0.3 is 0 Å². The number of anilines is 3. The van der Waals surface area contributed by atoms with Gasteiger partial charge in [-0.1, -0.05) is 18.2 Å². The monoisotopic (exact) mass is 410 g/mol. The molecule has 7 N–H and O–H groups in total. The van der Waals surface area contributed by atoms with Gasteiger partial charge in [0.25, 0.3) is 11.8 Å².